The molecule has 9 heteroatoms. The van der Waals surface area contributed by atoms with Gasteiger partial charge in [0.05, 0.1) is 11.0 Å². The van der Waals surface area contributed by atoms with Crippen molar-refractivity contribution >= 4 is 17.6 Å². The van der Waals surface area contributed by atoms with Gasteiger partial charge in [0.15, 0.2) is 18.1 Å². The number of carbonyl (C=O) groups excluding carboxylic acids is 2. The van der Waals surface area contributed by atoms with Crippen molar-refractivity contribution in [2.45, 2.75) is 32.2 Å². The summed E-state index contributed by atoms with van der Waals surface area (Å²) in [5, 5.41) is 13.8. The van der Waals surface area contributed by atoms with E-state index in [0.717, 1.165) is 12.1 Å². The average molecular weight is 362 g/mol. The Bertz CT molecular complexity index is 778. The van der Waals surface area contributed by atoms with Crippen molar-refractivity contribution in [2.24, 2.45) is 0 Å². The number of rotatable bonds is 7. The lowest BCUT2D eigenvalue weighted by Crippen LogP contribution is -2.48. The highest BCUT2D eigenvalue weighted by Crippen LogP contribution is 2.38. The van der Waals surface area contributed by atoms with Crippen LogP contribution in [0.5, 0.6) is 11.5 Å². The highest BCUT2D eigenvalue weighted by molar-refractivity contribution is 5.96. The predicted octanol–water partition coefficient (Wildman–Crippen LogP) is 1.79. The number of benzene rings is 1. The van der Waals surface area contributed by atoms with Crippen molar-refractivity contribution in [1.29, 1.82) is 0 Å². The van der Waals surface area contributed by atoms with Crippen LogP contribution in [0.1, 0.15) is 37.0 Å². The summed E-state index contributed by atoms with van der Waals surface area (Å²) in [6.45, 7) is 2.93. The van der Waals surface area contributed by atoms with Crippen LogP contribution in [-0.4, -0.2) is 35.7 Å². The predicted molar refractivity (Wildman–Crippen MR) is 89.8 cm³/mol. The van der Waals surface area contributed by atoms with Crippen LogP contribution in [0.25, 0.3) is 0 Å². The molecule has 1 N–H and O–H groups in total. The van der Waals surface area contributed by atoms with Crippen LogP contribution in [0.4, 0.5) is 5.69 Å². The van der Waals surface area contributed by atoms with Gasteiger partial charge in [-0.3, -0.25) is 14.9 Å². The number of ether oxygens (including phenoxy) is 3. The van der Waals surface area contributed by atoms with Crippen LogP contribution < -0.4 is 14.8 Å². The SMILES string of the molecule is C#CC(CC)(CC)NC(=O)COC(=O)c1cc2c(cc1[N+](=O)[O-])OCO2. The summed E-state index contributed by atoms with van der Waals surface area (Å²) >= 11 is 0. The lowest BCUT2D eigenvalue weighted by Gasteiger charge is -2.26. The van der Waals surface area contributed by atoms with Crippen molar-refractivity contribution in [1.82, 2.24) is 5.32 Å². The van der Waals surface area contributed by atoms with Gasteiger partial charge in [-0.25, -0.2) is 4.79 Å². The molecule has 9 nitrogen and oxygen atoms in total. The van der Waals surface area contributed by atoms with Crippen molar-refractivity contribution in [3.63, 3.8) is 0 Å². The third-order valence-electron chi connectivity index (χ3n) is 4.10. The van der Waals surface area contributed by atoms with Crippen molar-refractivity contribution in [2.75, 3.05) is 13.4 Å². The number of amides is 1. The minimum Gasteiger partial charge on any atom is -0.454 e. The number of nitro benzene ring substituents is 1. The quantitative estimate of drug-likeness (QED) is 0.340. The largest absolute Gasteiger partial charge is 0.454 e. The Morgan fingerprint density at radius 1 is 1.35 bits per heavy atom. The summed E-state index contributed by atoms with van der Waals surface area (Å²) in [6, 6.07) is 2.24. The van der Waals surface area contributed by atoms with Crippen molar-refractivity contribution < 1.29 is 28.7 Å². The normalized spacial score (nSPS) is 12.2. The van der Waals surface area contributed by atoms with Gasteiger partial charge in [-0.05, 0) is 12.8 Å². The molecule has 0 bridgehead atoms. The van der Waals surface area contributed by atoms with Gasteiger partial charge in [0, 0.05) is 6.07 Å². The zero-order valence-corrected chi connectivity index (χ0v) is 14.4. The molecule has 0 aromatic heterocycles. The molecule has 0 fully saturated rings. The summed E-state index contributed by atoms with van der Waals surface area (Å²) in [4.78, 5) is 34.6. The molecule has 0 aliphatic carbocycles. The molecule has 0 saturated heterocycles. The molecule has 1 aliphatic rings. The third kappa shape index (κ3) is 3.85. The zero-order chi connectivity index (χ0) is 19.3. The summed E-state index contributed by atoms with van der Waals surface area (Å²) < 4.78 is 15.1. The van der Waals surface area contributed by atoms with E-state index in [9.17, 15) is 19.7 Å². The highest BCUT2D eigenvalue weighted by atomic mass is 16.7. The highest BCUT2D eigenvalue weighted by Gasteiger charge is 2.29. The first-order chi connectivity index (χ1) is 12.4. The van der Waals surface area contributed by atoms with Gasteiger partial charge < -0.3 is 19.5 Å². The molecule has 1 aromatic rings. The van der Waals surface area contributed by atoms with E-state index in [-0.39, 0.29) is 23.9 Å². The number of fused-ring (bicyclic) bond motifs is 1. The molecule has 2 rings (SSSR count). The lowest BCUT2D eigenvalue weighted by molar-refractivity contribution is -0.385. The van der Waals surface area contributed by atoms with Crippen LogP contribution in [-0.2, 0) is 9.53 Å². The van der Waals surface area contributed by atoms with Gasteiger partial charge in [-0.2, -0.15) is 0 Å². The average Bonchev–Trinajstić information content (AvgIpc) is 3.10. The molecule has 26 heavy (non-hydrogen) atoms. The molecular weight excluding hydrogens is 344 g/mol. The zero-order valence-electron chi connectivity index (χ0n) is 14.4. The number of terminal acetylenes is 1. The van der Waals surface area contributed by atoms with E-state index in [1.54, 1.807) is 0 Å². The Labute approximate surface area is 149 Å². The molecule has 0 radical (unpaired) electrons. The van der Waals surface area contributed by atoms with E-state index in [2.05, 4.69) is 11.2 Å². The molecule has 0 unspecified atom stereocenters. The fraction of sp³-hybridized carbons (Fsp3) is 0.412. The first-order valence-corrected chi connectivity index (χ1v) is 7.89. The minimum absolute atomic E-state index is 0.102. The monoisotopic (exact) mass is 362 g/mol. The van der Waals surface area contributed by atoms with Gasteiger partial charge in [0.1, 0.15) is 11.1 Å². The number of carbonyl (C=O) groups is 2. The second-order valence-corrected chi connectivity index (χ2v) is 5.54. The van der Waals surface area contributed by atoms with Gasteiger partial charge in [0.25, 0.3) is 11.6 Å². The van der Waals surface area contributed by atoms with E-state index < -0.39 is 34.6 Å². The summed E-state index contributed by atoms with van der Waals surface area (Å²) in [5.41, 5.74) is -1.66. The second-order valence-electron chi connectivity index (χ2n) is 5.54. The standard InChI is InChI=1S/C17H18N2O7/c1-4-17(5-2,6-3)18-15(20)9-24-16(21)11-7-13-14(26-10-25-13)8-12(11)19(22)23/h1,7-8H,5-6,9-10H2,2-3H3,(H,18,20). The Kier molecular flexibility index (Phi) is 5.67. The molecule has 1 aliphatic heterocycles. The van der Waals surface area contributed by atoms with E-state index in [1.807, 2.05) is 13.8 Å². The number of hydrogen-bond donors (Lipinski definition) is 1. The van der Waals surface area contributed by atoms with Crippen molar-refractivity contribution in [3.8, 4) is 23.8 Å². The van der Waals surface area contributed by atoms with E-state index in [1.165, 1.54) is 0 Å². The maximum atomic E-state index is 12.2. The number of esters is 1. The Hall–Kier alpha value is -3.28. The van der Waals surface area contributed by atoms with Crippen LogP contribution >= 0.6 is 0 Å². The molecule has 0 spiro atoms. The maximum Gasteiger partial charge on any atom is 0.345 e. The van der Waals surface area contributed by atoms with E-state index in [0.29, 0.717) is 12.8 Å². The Morgan fingerprint density at radius 2 is 1.96 bits per heavy atom. The topological polar surface area (TPSA) is 117 Å². The molecule has 0 saturated carbocycles. The Morgan fingerprint density at radius 3 is 2.50 bits per heavy atom. The molecule has 1 heterocycles. The fourth-order valence-electron chi connectivity index (χ4n) is 2.42. The van der Waals surface area contributed by atoms with Crippen LogP contribution in [0.2, 0.25) is 0 Å². The number of nitrogens with one attached hydrogen (secondary N) is 1. The molecule has 1 amide bonds. The molecule has 138 valence electrons. The second kappa shape index (κ2) is 7.74. The minimum atomic E-state index is -1.02. The number of nitro groups is 1. The van der Waals surface area contributed by atoms with Gasteiger partial charge in [0.2, 0.25) is 6.79 Å². The first-order valence-electron chi connectivity index (χ1n) is 7.89. The smallest absolute Gasteiger partial charge is 0.345 e. The first kappa shape index (κ1) is 19.1. The lowest BCUT2D eigenvalue weighted by atomic mass is 9.94. The van der Waals surface area contributed by atoms with Crippen LogP contribution in [0.15, 0.2) is 12.1 Å². The van der Waals surface area contributed by atoms with E-state index in [4.69, 9.17) is 20.6 Å². The summed E-state index contributed by atoms with van der Waals surface area (Å²) in [7, 11) is 0. The summed E-state index contributed by atoms with van der Waals surface area (Å²) in [6.07, 6.45) is 6.47. The van der Waals surface area contributed by atoms with Gasteiger partial charge in [-0.1, -0.05) is 19.8 Å². The van der Waals surface area contributed by atoms with Gasteiger partial charge in [-0.15, -0.1) is 6.42 Å². The van der Waals surface area contributed by atoms with Crippen LogP contribution in [0, 0.1) is 22.5 Å². The van der Waals surface area contributed by atoms with Crippen molar-refractivity contribution in [3.05, 3.63) is 27.8 Å². The van der Waals surface area contributed by atoms with Gasteiger partial charge >= 0.3 is 5.97 Å². The fourth-order valence-corrected chi connectivity index (χ4v) is 2.42. The maximum absolute atomic E-state index is 12.2. The summed E-state index contributed by atoms with van der Waals surface area (Å²) in [5.74, 6) is 1.26. The number of nitrogens with zero attached hydrogens (tertiary/aromatic N) is 1. The van der Waals surface area contributed by atoms with E-state index >= 15 is 0 Å². The Balaban J connectivity index is 2.10. The molecule has 0 atom stereocenters. The van der Waals surface area contributed by atoms with Crippen LogP contribution in [0.3, 0.4) is 0 Å². The molecule has 1 aromatic carbocycles. The number of hydrogen-bond acceptors (Lipinski definition) is 7. The molecular formula is C17H18N2O7. The third-order valence-corrected chi connectivity index (χ3v) is 4.10.